The molecule has 0 N–H and O–H groups in total. The molecule has 0 aliphatic heterocycles. The third kappa shape index (κ3) is 1.38. The summed E-state index contributed by atoms with van der Waals surface area (Å²) in [4.78, 5) is 0. The van der Waals surface area contributed by atoms with Gasteiger partial charge in [-0.3, -0.25) is 0 Å². The quantitative estimate of drug-likeness (QED) is 0.626. The molecule has 1 aromatic rings. The minimum absolute atomic E-state index is 0.659. The largest absolute Gasteiger partial charge is 0.476 e. The highest BCUT2D eigenvalue weighted by molar-refractivity contribution is 6.99. The smallest absolute Gasteiger partial charge is 0.248 e. The number of hydrogen-bond acceptors (Lipinski definition) is 4. The minimum atomic E-state index is 0.659. The highest BCUT2D eigenvalue weighted by Crippen LogP contribution is 2.12. The normalized spacial score (nSPS) is 9.56. The Kier molecular flexibility index (Phi) is 2.00. The standard InChI is InChI=1S/C5H8N2OS/c1-3-8-5-4(2)6-9-7-5/h3H2,1-2H3. The van der Waals surface area contributed by atoms with Crippen LogP contribution in [0.3, 0.4) is 0 Å². The van der Waals surface area contributed by atoms with Gasteiger partial charge in [0.1, 0.15) is 5.69 Å². The molecule has 0 aliphatic rings. The predicted molar refractivity (Wildman–Crippen MR) is 35.8 cm³/mol. The Bertz CT molecular complexity index is 187. The average molecular weight is 144 g/mol. The molecule has 0 atom stereocenters. The second kappa shape index (κ2) is 2.77. The van der Waals surface area contributed by atoms with Gasteiger partial charge in [-0.25, -0.2) is 0 Å². The Labute approximate surface area is 58.0 Å². The summed E-state index contributed by atoms with van der Waals surface area (Å²) in [5, 5.41) is 0. The van der Waals surface area contributed by atoms with Crippen molar-refractivity contribution in [3.63, 3.8) is 0 Å². The molecule has 0 radical (unpaired) electrons. The molecule has 0 saturated carbocycles. The van der Waals surface area contributed by atoms with Crippen LogP contribution in [0.25, 0.3) is 0 Å². The maximum absolute atomic E-state index is 5.11. The van der Waals surface area contributed by atoms with Gasteiger partial charge < -0.3 is 4.74 Å². The summed E-state index contributed by atoms with van der Waals surface area (Å²) in [6.07, 6.45) is 0. The van der Waals surface area contributed by atoms with E-state index in [2.05, 4.69) is 8.75 Å². The van der Waals surface area contributed by atoms with Gasteiger partial charge in [0.15, 0.2) is 0 Å². The maximum atomic E-state index is 5.11. The molecule has 0 bridgehead atoms. The molecule has 0 saturated heterocycles. The zero-order valence-electron chi connectivity index (χ0n) is 5.42. The Morgan fingerprint density at radius 1 is 1.56 bits per heavy atom. The molecule has 4 heteroatoms. The molecule has 1 heterocycles. The number of aryl methyl sites for hydroxylation is 1. The van der Waals surface area contributed by atoms with Crippen LogP contribution in [0.2, 0.25) is 0 Å². The van der Waals surface area contributed by atoms with Crippen molar-refractivity contribution < 1.29 is 4.74 Å². The predicted octanol–water partition coefficient (Wildman–Crippen LogP) is 1.25. The van der Waals surface area contributed by atoms with Gasteiger partial charge >= 0.3 is 0 Å². The van der Waals surface area contributed by atoms with Crippen LogP contribution in [0.15, 0.2) is 0 Å². The van der Waals surface area contributed by atoms with E-state index >= 15 is 0 Å². The molecule has 50 valence electrons. The number of hydrogen-bond donors (Lipinski definition) is 0. The van der Waals surface area contributed by atoms with Gasteiger partial charge in [-0.1, -0.05) is 0 Å². The van der Waals surface area contributed by atoms with E-state index in [1.54, 1.807) is 0 Å². The molecular weight excluding hydrogens is 136 g/mol. The van der Waals surface area contributed by atoms with Crippen molar-refractivity contribution in [2.24, 2.45) is 0 Å². The molecule has 0 amide bonds. The summed E-state index contributed by atoms with van der Waals surface area (Å²) in [5.41, 5.74) is 0.877. The third-order valence-corrected chi connectivity index (χ3v) is 1.50. The Balaban J connectivity index is 2.69. The van der Waals surface area contributed by atoms with Gasteiger partial charge in [-0.2, -0.15) is 4.37 Å². The van der Waals surface area contributed by atoms with E-state index in [-0.39, 0.29) is 0 Å². The minimum Gasteiger partial charge on any atom is -0.476 e. The first-order valence-corrected chi connectivity index (χ1v) is 3.49. The van der Waals surface area contributed by atoms with Crippen molar-refractivity contribution in [3.8, 4) is 5.88 Å². The summed E-state index contributed by atoms with van der Waals surface area (Å²) in [6, 6.07) is 0. The zero-order valence-corrected chi connectivity index (χ0v) is 6.23. The van der Waals surface area contributed by atoms with E-state index < -0.39 is 0 Å². The zero-order chi connectivity index (χ0) is 6.69. The van der Waals surface area contributed by atoms with Crippen molar-refractivity contribution in [1.82, 2.24) is 8.75 Å². The first-order valence-electron chi connectivity index (χ1n) is 2.76. The summed E-state index contributed by atoms with van der Waals surface area (Å²) < 4.78 is 13.0. The molecule has 0 fully saturated rings. The first-order chi connectivity index (χ1) is 4.34. The first kappa shape index (κ1) is 6.48. The second-order valence-corrected chi connectivity index (χ2v) is 2.12. The summed E-state index contributed by atoms with van der Waals surface area (Å²) >= 11 is 1.18. The Morgan fingerprint density at radius 2 is 2.33 bits per heavy atom. The fraction of sp³-hybridized carbons (Fsp3) is 0.600. The fourth-order valence-corrected chi connectivity index (χ4v) is 0.992. The second-order valence-electron chi connectivity index (χ2n) is 1.59. The van der Waals surface area contributed by atoms with Crippen LogP contribution in [0.4, 0.5) is 0 Å². The third-order valence-electron chi connectivity index (χ3n) is 0.892. The van der Waals surface area contributed by atoms with Crippen LogP contribution in [-0.2, 0) is 0 Å². The van der Waals surface area contributed by atoms with Gasteiger partial charge in [-0.15, -0.1) is 4.37 Å². The van der Waals surface area contributed by atoms with Crippen molar-refractivity contribution in [2.75, 3.05) is 6.61 Å². The lowest BCUT2D eigenvalue weighted by Crippen LogP contribution is -1.92. The van der Waals surface area contributed by atoms with E-state index in [0.717, 1.165) is 5.69 Å². The van der Waals surface area contributed by atoms with Crippen molar-refractivity contribution in [2.45, 2.75) is 13.8 Å². The Hall–Kier alpha value is -0.640. The summed E-state index contributed by atoms with van der Waals surface area (Å²) in [5.74, 6) is 0.669. The summed E-state index contributed by atoms with van der Waals surface area (Å²) in [7, 11) is 0. The fourth-order valence-electron chi connectivity index (χ4n) is 0.491. The lowest BCUT2D eigenvalue weighted by molar-refractivity contribution is 0.327. The molecule has 0 aromatic carbocycles. The van der Waals surface area contributed by atoms with Crippen LogP contribution >= 0.6 is 11.7 Å². The van der Waals surface area contributed by atoms with E-state index in [0.29, 0.717) is 12.5 Å². The SMILES string of the molecule is CCOc1nsnc1C. The highest BCUT2D eigenvalue weighted by Gasteiger charge is 2.00. The average Bonchev–Trinajstić information content (AvgIpc) is 2.18. The molecule has 0 unspecified atom stereocenters. The highest BCUT2D eigenvalue weighted by atomic mass is 32.1. The molecule has 1 rings (SSSR count). The number of rotatable bonds is 2. The number of ether oxygens (including phenoxy) is 1. The van der Waals surface area contributed by atoms with Crippen LogP contribution < -0.4 is 4.74 Å². The molecule has 1 aromatic heterocycles. The van der Waals surface area contributed by atoms with Gasteiger partial charge in [0, 0.05) is 0 Å². The topological polar surface area (TPSA) is 35.0 Å². The molecular formula is C5H8N2OS. The summed E-state index contributed by atoms with van der Waals surface area (Å²) in [6.45, 7) is 4.47. The van der Waals surface area contributed by atoms with Gasteiger partial charge in [-0.05, 0) is 13.8 Å². The van der Waals surface area contributed by atoms with E-state index in [1.165, 1.54) is 11.7 Å². The molecule has 0 aliphatic carbocycles. The number of aromatic nitrogens is 2. The van der Waals surface area contributed by atoms with Crippen LogP contribution in [0.1, 0.15) is 12.6 Å². The maximum Gasteiger partial charge on any atom is 0.248 e. The van der Waals surface area contributed by atoms with Gasteiger partial charge in [0.05, 0.1) is 18.3 Å². The van der Waals surface area contributed by atoms with E-state index in [1.807, 2.05) is 13.8 Å². The molecule has 9 heavy (non-hydrogen) atoms. The van der Waals surface area contributed by atoms with Gasteiger partial charge in [0.2, 0.25) is 5.88 Å². The van der Waals surface area contributed by atoms with Crippen molar-refractivity contribution >= 4 is 11.7 Å². The van der Waals surface area contributed by atoms with Crippen molar-refractivity contribution in [3.05, 3.63) is 5.69 Å². The van der Waals surface area contributed by atoms with Crippen molar-refractivity contribution in [1.29, 1.82) is 0 Å². The monoisotopic (exact) mass is 144 g/mol. The molecule has 0 spiro atoms. The van der Waals surface area contributed by atoms with Crippen LogP contribution in [-0.4, -0.2) is 15.4 Å². The molecule has 3 nitrogen and oxygen atoms in total. The van der Waals surface area contributed by atoms with E-state index in [4.69, 9.17) is 4.74 Å². The van der Waals surface area contributed by atoms with Crippen LogP contribution in [0.5, 0.6) is 5.88 Å². The van der Waals surface area contributed by atoms with Gasteiger partial charge in [0.25, 0.3) is 0 Å². The van der Waals surface area contributed by atoms with E-state index in [9.17, 15) is 0 Å². The van der Waals surface area contributed by atoms with Crippen LogP contribution in [0, 0.1) is 6.92 Å². The lowest BCUT2D eigenvalue weighted by Gasteiger charge is -1.94. The lowest BCUT2D eigenvalue weighted by atomic mass is 10.5. The Morgan fingerprint density at radius 3 is 2.78 bits per heavy atom. The number of nitrogens with zero attached hydrogens (tertiary/aromatic N) is 2.